The van der Waals surface area contributed by atoms with E-state index in [2.05, 4.69) is 72.5 Å². The average molecular weight is 1870 g/mol. The summed E-state index contributed by atoms with van der Waals surface area (Å²) in [6.07, 6.45) is -0.587. The predicted molar refractivity (Wildman–Crippen MR) is 384 cm³/mol. The first kappa shape index (κ1) is 86.7. The zero-order valence-electron chi connectivity index (χ0n) is 50.0. The lowest BCUT2D eigenvalue weighted by atomic mass is 10.1. The Balaban J connectivity index is 0.000000580. The number of nitrogens with zero attached hydrogens (tertiary/aromatic N) is 1. The van der Waals surface area contributed by atoms with Gasteiger partial charge in [0, 0.05) is 37.1 Å². The third kappa shape index (κ3) is 35.0. The summed E-state index contributed by atoms with van der Waals surface area (Å²) in [5, 5.41) is 25.7. The van der Waals surface area contributed by atoms with Crippen molar-refractivity contribution in [3.63, 3.8) is 0 Å². The lowest BCUT2D eigenvalue weighted by Gasteiger charge is -2.15. The fraction of sp³-hybridized carbons (Fsp3) is 0.228. The molecule has 0 saturated carbocycles. The summed E-state index contributed by atoms with van der Waals surface area (Å²) < 4.78 is 113. The highest BCUT2D eigenvalue weighted by Gasteiger charge is 2.28. The number of ether oxygens (including phenoxy) is 2. The number of nitrogens with two attached hydrogens (primary N) is 5. The van der Waals surface area contributed by atoms with E-state index < -0.39 is 105 Å². The van der Waals surface area contributed by atoms with E-state index in [1.165, 1.54) is 48.5 Å². The van der Waals surface area contributed by atoms with Crippen LogP contribution >= 0.6 is 101 Å². The molecule has 5 aromatic carbocycles. The number of pyridine rings is 1. The molecule has 1 aromatic heterocycles. The minimum Gasteiger partial charge on any atom is -0.480 e. The molecule has 0 spiro atoms. The second kappa shape index (κ2) is 43.1. The van der Waals surface area contributed by atoms with Crippen LogP contribution in [0.3, 0.4) is 0 Å². The number of hydrogen-bond donors (Lipinski definition) is 11. The van der Waals surface area contributed by atoms with E-state index in [1.807, 2.05) is 54.6 Å². The molecule has 0 aliphatic heterocycles. The molecule has 4 atom stereocenters. The number of anilines is 1. The molecule has 29 nitrogen and oxygen atoms in total. The lowest BCUT2D eigenvalue weighted by molar-refractivity contribution is -0.145. The first-order valence-corrected chi connectivity index (χ1v) is 37.7. The van der Waals surface area contributed by atoms with Gasteiger partial charge < -0.3 is 53.5 Å². The number of aromatic nitrogens is 1. The Morgan fingerprint density at radius 2 is 0.905 bits per heavy atom. The van der Waals surface area contributed by atoms with Gasteiger partial charge in [-0.2, -0.15) is 14.2 Å². The molecule has 0 bridgehead atoms. The van der Waals surface area contributed by atoms with Crippen molar-refractivity contribution < 1.29 is 92.0 Å². The Morgan fingerprint density at radius 1 is 0.526 bits per heavy atom. The quantitative estimate of drug-likeness (QED) is 0.0182. The number of nitrogens with one attached hydrogen (secondary N) is 3. The molecule has 0 fully saturated rings. The van der Waals surface area contributed by atoms with Crippen molar-refractivity contribution >= 4 is 188 Å². The molecule has 0 aliphatic carbocycles. The van der Waals surface area contributed by atoms with Gasteiger partial charge in [-0.05, 0) is 250 Å². The summed E-state index contributed by atoms with van der Waals surface area (Å²) in [4.78, 5) is 79.5. The first-order valence-electron chi connectivity index (χ1n) is 26.6. The van der Waals surface area contributed by atoms with Gasteiger partial charge in [0.1, 0.15) is 35.7 Å². The Morgan fingerprint density at radius 3 is 1.22 bits per heavy atom. The van der Waals surface area contributed by atoms with Crippen LogP contribution in [-0.2, 0) is 77.4 Å². The number of carbonyl (C=O) groups excluding carboxylic acids is 4. The van der Waals surface area contributed by atoms with E-state index in [-0.39, 0.29) is 45.1 Å². The number of esters is 2. The van der Waals surface area contributed by atoms with E-state index in [0.29, 0.717) is 30.1 Å². The SMILES string of the molecule is CCOC(=O)C(CC)NS(=O)(=O)c1ccc(I)cc1.CCOC(=O)c1ccc(C#Cc2cccc(N)n2)cc1.NC(=O)CC(N)C(=O)O.NC(=O)CC(NS(=O)(=O)c1ccc(I)cc1)C(=O)O.NCC(NS(=O)(=O)c1ccc(I)cc1)C(=O)O.O=S(=O)(Cl)c1ccc(I)cc1. The minimum absolute atomic E-state index is 0.0117. The molecule has 95 heavy (non-hydrogen) atoms. The Labute approximate surface area is 607 Å². The van der Waals surface area contributed by atoms with Crippen LogP contribution in [0.2, 0.25) is 0 Å². The van der Waals surface area contributed by atoms with Crippen LogP contribution in [0.5, 0.6) is 0 Å². The van der Waals surface area contributed by atoms with E-state index in [0.717, 1.165) is 19.8 Å². The van der Waals surface area contributed by atoms with Gasteiger partial charge in [0.15, 0.2) is 0 Å². The molecule has 0 aliphatic rings. The number of carbonyl (C=O) groups is 7. The topological polar surface area (TPSA) is 514 Å². The molecule has 1 heterocycles. The number of carboxylic acid groups (broad SMARTS) is 3. The van der Waals surface area contributed by atoms with E-state index in [9.17, 15) is 67.2 Å². The lowest BCUT2D eigenvalue weighted by Crippen LogP contribution is -2.45. The molecule has 2 amide bonds. The zero-order chi connectivity index (χ0) is 72.4. The number of amides is 2. The predicted octanol–water partition coefficient (Wildman–Crippen LogP) is 4.52. The van der Waals surface area contributed by atoms with E-state index >= 15 is 0 Å². The van der Waals surface area contributed by atoms with Gasteiger partial charge in [0.2, 0.25) is 41.9 Å². The number of halogens is 5. The van der Waals surface area contributed by atoms with Gasteiger partial charge >= 0.3 is 29.8 Å². The Hall–Kier alpha value is -6.29. The highest BCUT2D eigenvalue weighted by molar-refractivity contribution is 14.1. The number of benzene rings is 5. The normalized spacial score (nSPS) is 12.1. The molecule has 6 rings (SSSR count). The molecule has 6 aromatic rings. The van der Waals surface area contributed by atoms with Gasteiger partial charge in [0.05, 0.1) is 51.2 Å². The Bertz CT molecular complexity index is 4090. The maximum atomic E-state index is 12.1. The number of primary amides is 2. The van der Waals surface area contributed by atoms with Crippen LogP contribution in [-0.4, -0.2) is 140 Å². The van der Waals surface area contributed by atoms with Gasteiger partial charge in [0.25, 0.3) is 9.05 Å². The fourth-order valence-electron chi connectivity index (χ4n) is 6.19. The summed E-state index contributed by atoms with van der Waals surface area (Å²) in [5.74, 6) is -0.154. The minimum atomic E-state index is -4.01. The van der Waals surface area contributed by atoms with Gasteiger partial charge in [-0.1, -0.05) is 18.9 Å². The third-order valence-electron chi connectivity index (χ3n) is 10.8. The molecule has 0 radical (unpaired) electrons. The van der Waals surface area contributed by atoms with Crippen LogP contribution in [0.1, 0.15) is 61.6 Å². The van der Waals surface area contributed by atoms with Crippen LogP contribution in [0.15, 0.2) is 159 Å². The van der Waals surface area contributed by atoms with Crippen molar-refractivity contribution in [1.82, 2.24) is 19.2 Å². The van der Waals surface area contributed by atoms with Crippen LogP contribution in [0.25, 0.3) is 0 Å². The maximum absolute atomic E-state index is 12.1. The second-order valence-corrected chi connectivity index (χ2v) is 30.8. The Kier molecular flexibility index (Phi) is 39.3. The highest BCUT2D eigenvalue weighted by Crippen LogP contribution is 2.18. The van der Waals surface area contributed by atoms with Crippen molar-refractivity contribution in [3.8, 4) is 11.8 Å². The fourth-order valence-corrected chi connectivity index (χ4v) is 12.1. The molecular weight excluding hydrogens is 1800 g/mol. The van der Waals surface area contributed by atoms with Gasteiger partial charge in [-0.15, -0.1) is 0 Å². The number of hydrogen-bond acceptors (Lipinski definition) is 21. The maximum Gasteiger partial charge on any atom is 0.338 e. The first-order chi connectivity index (χ1) is 44.2. The summed E-state index contributed by atoms with van der Waals surface area (Å²) in [5.41, 5.74) is 27.1. The monoisotopic (exact) mass is 1860 g/mol. The second-order valence-electron chi connectivity index (χ2n) is 18.1. The smallest absolute Gasteiger partial charge is 0.338 e. The number of nitrogen functional groups attached to an aromatic ring is 1. The van der Waals surface area contributed by atoms with Crippen molar-refractivity contribution in [2.24, 2.45) is 22.9 Å². The largest absolute Gasteiger partial charge is 0.480 e. The molecular formula is C57H64ClI4N9O20S4. The van der Waals surface area contributed by atoms with Gasteiger partial charge in [-0.3, -0.25) is 28.8 Å². The number of sulfonamides is 3. The average Bonchev–Trinajstić information content (AvgIpc) is 0.908. The summed E-state index contributed by atoms with van der Waals surface area (Å²) in [6, 6.07) is 31.9. The number of rotatable bonds is 23. The molecule has 4 unspecified atom stereocenters. The standard InChI is InChI=1S/C16H14N2O2.C12H16INO4S.C10H11IN2O5S.C9H11IN2O4S.C6H4ClIO2S.C4H8N2O3/c1-2-20-16(19)13-9-6-12(7-10-13)8-11-14-4-3-5-15(17)18-14;1-3-11(12(15)18-4-2)14-19(16,17)10-7-5-9(13)6-8-10;11-6-1-3-7(4-2-6)19(17,18)13-8(10(15)16)5-9(12)14;10-6-1-3-7(4-2-6)17(15,16)12-8(5-11)9(13)14;7-11(9,10)6-3-1-5(8)2-4-6;5-2(4(8)9)1-3(6)7/h3-7,9-10H,2H2,1H3,(H2,17,18);5-8,11,14H,3-4H2,1-2H3;1-4,8,13H,5H2,(H2,12,14)(H,15,16);1-4,8,12H,5,11H2,(H,13,14);1-4H;2H,1,5H2,(H2,6,7)(H,8,9). The zero-order valence-corrected chi connectivity index (χ0v) is 62.6. The van der Waals surface area contributed by atoms with Gasteiger partial charge in [-0.25, -0.2) is 43.4 Å². The highest BCUT2D eigenvalue weighted by atomic mass is 127. The molecule has 38 heteroatoms. The van der Waals surface area contributed by atoms with Crippen molar-refractivity contribution in [2.45, 2.75) is 83.8 Å². The van der Waals surface area contributed by atoms with E-state index in [4.69, 9.17) is 58.4 Å². The van der Waals surface area contributed by atoms with Crippen LogP contribution < -0.4 is 42.8 Å². The van der Waals surface area contributed by atoms with Crippen LogP contribution in [0, 0.1) is 26.1 Å². The summed E-state index contributed by atoms with van der Waals surface area (Å²) in [6.45, 7) is 5.45. The number of aliphatic carboxylic acids is 3. The van der Waals surface area contributed by atoms with Crippen molar-refractivity contribution in [1.29, 1.82) is 0 Å². The molecule has 0 saturated heterocycles. The van der Waals surface area contributed by atoms with Crippen molar-refractivity contribution in [3.05, 3.63) is 171 Å². The number of carboxylic acids is 3. The summed E-state index contributed by atoms with van der Waals surface area (Å²) in [7, 11) is -10.0. The summed E-state index contributed by atoms with van der Waals surface area (Å²) >= 11 is 8.22. The third-order valence-corrected chi connectivity index (χ3v) is 19.5. The van der Waals surface area contributed by atoms with Crippen LogP contribution in [0.4, 0.5) is 5.82 Å². The van der Waals surface area contributed by atoms with Crippen molar-refractivity contribution in [2.75, 3.05) is 25.5 Å². The van der Waals surface area contributed by atoms with E-state index in [1.54, 1.807) is 112 Å². The molecule has 516 valence electrons. The molecule has 16 N–H and O–H groups in total.